The molecule has 10 nitrogen and oxygen atoms in total. The molecular weight excluding hydrogens is 825 g/mol. The standard InChI is InChI=1S/C50H92O10S2/c1-7-9-11-13-15-17-19-21-23-25-27-29-31-33-35-61-38-44(39-62-36-34-32-30-28-26-24-22-20-18-16-14-12-10-8-2)37-59-47-49(57,42(5)53)50(58,43(6)54)48(56,41(4)52)46(60-47)45(55)40(3)51/h44-47,55-58H,7-39H2,1-6H3/t45?,46-,47+,48-,49+,50+/m1/s1. The zero-order chi connectivity index (χ0) is 46.3. The Morgan fingerprint density at radius 1 is 0.516 bits per heavy atom. The lowest BCUT2D eigenvalue weighted by Gasteiger charge is -2.58. The topological polar surface area (TPSA) is 168 Å². The van der Waals surface area contributed by atoms with Crippen LogP contribution >= 0.6 is 23.5 Å². The quantitative estimate of drug-likeness (QED) is 0.0429. The first kappa shape index (κ1) is 59.2. The summed E-state index contributed by atoms with van der Waals surface area (Å²) in [6, 6.07) is 0. The molecule has 0 saturated carbocycles. The zero-order valence-corrected chi connectivity index (χ0v) is 41.8. The van der Waals surface area contributed by atoms with Gasteiger partial charge in [0.1, 0.15) is 12.2 Å². The van der Waals surface area contributed by atoms with Crippen molar-refractivity contribution in [2.24, 2.45) is 5.92 Å². The minimum absolute atomic E-state index is 0.0485. The fraction of sp³-hybridized carbons (Fsp3) is 0.920. The average molecular weight is 917 g/mol. The van der Waals surface area contributed by atoms with E-state index >= 15 is 0 Å². The maximum absolute atomic E-state index is 13.2. The highest BCUT2D eigenvalue weighted by Gasteiger charge is 2.79. The number of ketones is 4. The number of unbranched alkanes of at least 4 members (excludes halogenated alkanes) is 26. The van der Waals surface area contributed by atoms with Gasteiger partial charge in [-0.1, -0.05) is 181 Å². The van der Waals surface area contributed by atoms with Crippen molar-refractivity contribution in [2.75, 3.05) is 29.6 Å². The molecule has 62 heavy (non-hydrogen) atoms. The molecule has 6 atom stereocenters. The van der Waals surface area contributed by atoms with Gasteiger partial charge in [-0.25, -0.2) is 0 Å². The molecule has 364 valence electrons. The Balaban J connectivity index is 2.79. The first-order valence-electron chi connectivity index (χ1n) is 25.0. The van der Waals surface area contributed by atoms with Crippen LogP contribution in [0.2, 0.25) is 0 Å². The number of rotatable bonds is 42. The van der Waals surface area contributed by atoms with E-state index in [1.165, 1.54) is 167 Å². The summed E-state index contributed by atoms with van der Waals surface area (Å²) < 4.78 is 11.9. The van der Waals surface area contributed by atoms with E-state index in [4.69, 9.17) is 9.47 Å². The third kappa shape index (κ3) is 19.9. The van der Waals surface area contributed by atoms with Crippen LogP contribution in [0.5, 0.6) is 0 Å². The van der Waals surface area contributed by atoms with Gasteiger partial charge in [0.15, 0.2) is 35.0 Å². The van der Waals surface area contributed by atoms with Crippen molar-refractivity contribution in [2.45, 2.75) is 257 Å². The van der Waals surface area contributed by atoms with Gasteiger partial charge in [-0.15, -0.1) is 0 Å². The number of carbonyl (C=O) groups excluding carboxylic acids is 4. The SMILES string of the molecule is CCCCCCCCCCCCCCCCSCC(CO[C@H]1O[C@H](C(O)C(C)=O)[C@](O)(C(C)=O)[C@@](O)(C(C)=O)[C@]1(O)C(C)=O)CSCCCCCCCCCCCCCCCC. The number of ether oxygens (including phenoxy) is 2. The largest absolute Gasteiger partial charge is 0.382 e. The molecule has 0 spiro atoms. The van der Waals surface area contributed by atoms with E-state index in [9.17, 15) is 39.6 Å². The summed E-state index contributed by atoms with van der Waals surface area (Å²) in [6.45, 7) is 7.98. The Bertz CT molecular complexity index is 1180. The molecule has 1 aliphatic heterocycles. The fourth-order valence-electron chi connectivity index (χ4n) is 8.75. The zero-order valence-electron chi connectivity index (χ0n) is 40.2. The van der Waals surface area contributed by atoms with E-state index in [0.29, 0.717) is 11.5 Å². The van der Waals surface area contributed by atoms with Crippen molar-refractivity contribution in [1.29, 1.82) is 0 Å². The van der Waals surface area contributed by atoms with Crippen molar-refractivity contribution in [3.05, 3.63) is 0 Å². The predicted octanol–water partition coefficient (Wildman–Crippen LogP) is 10.7. The highest BCUT2D eigenvalue weighted by molar-refractivity contribution is 8.00. The fourth-order valence-corrected chi connectivity index (χ4v) is 11.1. The van der Waals surface area contributed by atoms with Crippen molar-refractivity contribution < 1.29 is 49.1 Å². The van der Waals surface area contributed by atoms with Gasteiger partial charge in [0.2, 0.25) is 11.2 Å². The highest BCUT2D eigenvalue weighted by Crippen LogP contribution is 2.48. The number of carbonyl (C=O) groups is 4. The van der Waals surface area contributed by atoms with Crippen molar-refractivity contribution in [3.63, 3.8) is 0 Å². The van der Waals surface area contributed by atoms with E-state index in [2.05, 4.69) is 13.8 Å². The monoisotopic (exact) mass is 917 g/mol. The molecule has 0 aromatic rings. The summed E-state index contributed by atoms with van der Waals surface area (Å²) in [5.74, 6) is -1.44. The van der Waals surface area contributed by atoms with Crippen LogP contribution in [0.3, 0.4) is 0 Å². The maximum atomic E-state index is 13.2. The van der Waals surface area contributed by atoms with Crippen LogP contribution in [0.25, 0.3) is 0 Å². The molecule has 1 heterocycles. The van der Waals surface area contributed by atoms with Crippen LogP contribution in [-0.4, -0.2) is 108 Å². The third-order valence-corrected chi connectivity index (χ3v) is 15.5. The third-order valence-electron chi connectivity index (χ3n) is 12.9. The second kappa shape index (κ2) is 34.4. The summed E-state index contributed by atoms with van der Waals surface area (Å²) in [6.07, 6.45) is 29.9. The summed E-state index contributed by atoms with van der Waals surface area (Å²) in [4.78, 5) is 51.7. The number of hydrogen-bond donors (Lipinski definition) is 4. The molecule has 0 aromatic heterocycles. The number of thioether (sulfide) groups is 2. The molecule has 0 aliphatic carbocycles. The van der Waals surface area contributed by atoms with Crippen LogP contribution in [0.4, 0.5) is 0 Å². The van der Waals surface area contributed by atoms with Crippen LogP contribution in [0.15, 0.2) is 0 Å². The molecule has 1 fully saturated rings. The number of aliphatic hydroxyl groups excluding tert-OH is 1. The normalized spacial score (nSPS) is 23.2. The van der Waals surface area contributed by atoms with Crippen molar-refractivity contribution >= 4 is 46.7 Å². The Kier molecular flexibility index (Phi) is 32.9. The van der Waals surface area contributed by atoms with Gasteiger partial charge in [0.05, 0.1) is 6.61 Å². The molecule has 1 aliphatic rings. The number of hydrogen-bond acceptors (Lipinski definition) is 12. The Labute approximate surface area is 386 Å². The van der Waals surface area contributed by atoms with E-state index in [0.717, 1.165) is 52.0 Å². The molecule has 1 saturated heterocycles. The maximum Gasteiger partial charge on any atom is 0.213 e. The van der Waals surface area contributed by atoms with E-state index < -0.39 is 58.4 Å². The molecule has 0 amide bonds. The molecule has 4 N–H and O–H groups in total. The lowest BCUT2D eigenvalue weighted by Crippen LogP contribution is -2.87. The summed E-state index contributed by atoms with van der Waals surface area (Å²) >= 11 is 3.62. The molecule has 1 unspecified atom stereocenters. The van der Waals surface area contributed by atoms with Crippen LogP contribution < -0.4 is 0 Å². The minimum atomic E-state index is -3.50. The lowest BCUT2D eigenvalue weighted by atomic mass is 9.60. The van der Waals surface area contributed by atoms with Crippen LogP contribution in [-0.2, 0) is 28.7 Å². The van der Waals surface area contributed by atoms with Crippen LogP contribution in [0, 0.1) is 5.92 Å². The van der Waals surface area contributed by atoms with E-state index in [1.807, 2.05) is 23.5 Å². The van der Waals surface area contributed by atoms with Crippen LogP contribution in [0.1, 0.15) is 221 Å². The van der Waals surface area contributed by atoms with Gasteiger partial charge in [-0.05, 0) is 63.5 Å². The molecule has 0 bridgehead atoms. The molecule has 0 aromatic carbocycles. The number of aliphatic hydroxyl groups is 4. The highest BCUT2D eigenvalue weighted by atomic mass is 32.2. The second-order valence-electron chi connectivity index (χ2n) is 18.4. The first-order valence-corrected chi connectivity index (χ1v) is 27.3. The summed E-state index contributed by atoms with van der Waals surface area (Å²) in [7, 11) is 0. The Hall–Kier alpha value is -0.860. The Morgan fingerprint density at radius 2 is 0.839 bits per heavy atom. The lowest BCUT2D eigenvalue weighted by molar-refractivity contribution is -0.373. The van der Waals surface area contributed by atoms with Gasteiger partial charge in [-0.2, -0.15) is 23.5 Å². The van der Waals surface area contributed by atoms with Gasteiger partial charge >= 0.3 is 0 Å². The van der Waals surface area contributed by atoms with Crippen molar-refractivity contribution in [1.82, 2.24) is 0 Å². The molecule has 1 rings (SSSR count). The Morgan fingerprint density at radius 3 is 1.13 bits per heavy atom. The molecule has 0 radical (unpaired) electrons. The average Bonchev–Trinajstić information content (AvgIpc) is 3.23. The first-order chi connectivity index (χ1) is 29.7. The summed E-state index contributed by atoms with van der Waals surface area (Å²) in [5.41, 5.74) is -10.1. The second-order valence-corrected chi connectivity index (χ2v) is 20.7. The van der Waals surface area contributed by atoms with E-state index in [-0.39, 0.29) is 12.5 Å². The molecular formula is C50H92O10S2. The van der Waals surface area contributed by atoms with Crippen molar-refractivity contribution in [3.8, 4) is 0 Å². The predicted molar refractivity (Wildman–Crippen MR) is 257 cm³/mol. The summed E-state index contributed by atoms with van der Waals surface area (Å²) in [5, 5.41) is 46.3. The van der Waals surface area contributed by atoms with Gasteiger partial charge < -0.3 is 29.9 Å². The van der Waals surface area contributed by atoms with Gasteiger partial charge in [0, 0.05) is 5.92 Å². The van der Waals surface area contributed by atoms with Gasteiger partial charge in [0.25, 0.3) is 0 Å². The smallest absolute Gasteiger partial charge is 0.213 e. The van der Waals surface area contributed by atoms with Gasteiger partial charge in [-0.3, -0.25) is 19.2 Å². The number of Topliss-reactive ketones (excluding diaryl/α,β-unsaturated/α-hetero) is 4. The molecule has 12 heteroatoms. The van der Waals surface area contributed by atoms with E-state index in [1.54, 1.807) is 0 Å². The minimum Gasteiger partial charge on any atom is -0.382 e.